The van der Waals surface area contributed by atoms with Gasteiger partial charge in [0.15, 0.2) is 0 Å². The Hall–Kier alpha value is -1.87. The van der Waals surface area contributed by atoms with Gasteiger partial charge in [-0.05, 0) is 31.0 Å². The molecule has 0 spiro atoms. The van der Waals surface area contributed by atoms with Crippen LogP contribution in [-0.2, 0) is 6.61 Å². The number of benzene rings is 1. The summed E-state index contributed by atoms with van der Waals surface area (Å²) in [5.74, 6) is 0.724. The van der Waals surface area contributed by atoms with Crippen molar-refractivity contribution in [3.63, 3.8) is 0 Å². The topological polar surface area (TPSA) is 42.4 Å². The number of aromatic nitrogens is 1. The molecule has 1 heterocycles. The molecule has 100 valence electrons. The monoisotopic (exact) mass is 257 g/mol. The molecule has 0 unspecified atom stereocenters. The molecule has 2 aromatic rings. The molecular weight excluding hydrogens is 238 g/mol. The van der Waals surface area contributed by atoms with E-state index in [-0.39, 0.29) is 0 Å². The van der Waals surface area contributed by atoms with Crippen molar-refractivity contribution in [3.05, 3.63) is 59.4 Å². The number of hydrogen-bond donors (Lipinski definition) is 1. The summed E-state index contributed by atoms with van der Waals surface area (Å²) in [4.78, 5) is 4.30. The van der Waals surface area contributed by atoms with Gasteiger partial charge in [-0.25, -0.2) is 0 Å². The van der Waals surface area contributed by atoms with E-state index in [1.54, 1.807) is 6.20 Å². The van der Waals surface area contributed by atoms with E-state index in [4.69, 9.17) is 4.74 Å². The van der Waals surface area contributed by atoms with E-state index in [0.29, 0.717) is 13.0 Å². The highest BCUT2D eigenvalue weighted by Crippen LogP contribution is 2.27. The maximum Gasteiger partial charge on any atom is 0.130 e. The minimum atomic E-state index is -0.485. The molecule has 2 rings (SSSR count). The highest BCUT2D eigenvalue weighted by atomic mass is 16.5. The van der Waals surface area contributed by atoms with Gasteiger partial charge in [0, 0.05) is 11.8 Å². The number of aliphatic hydroxyl groups excluding tert-OH is 1. The second kappa shape index (κ2) is 6.34. The maximum absolute atomic E-state index is 9.97. The number of pyridine rings is 1. The van der Waals surface area contributed by atoms with Gasteiger partial charge < -0.3 is 9.84 Å². The van der Waals surface area contributed by atoms with Gasteiger partial charge >= 0.3 is 0 Å². The van der Waals surface area contributed by atoms with Crippen LogP contribution in [0, 0.1) is 6.92 Å². The standard InChI is InChI=1S/C16H19NO2/c1-3-15(18)13-8-4-5-9-16(13)19-11-14-12(2)7-6-10-17-14/h4-10,15,18H,3,11H2,1-2H3/t15-/m1/s1. The van der Waals surface area contributed by atoms with Crippen molar-refractivity contribution in [1.82, 2.24) is 4.98 Å². The molecule has 0 amide bonds. The zero-order chi connectivity index (χ0) is 13.7. The minimum absolute atomic E-state index is 0.417. The molecule has 3 heteroatoms. The Bertz CT molecular complexity index is 540. The summed E-state index contributed by atoms with van der Waals surface area (Å²) in [5.41, 5.74) is 2.86. The average molecular weight is 257 g/mol. The minimum Gasteiger partial charge on any atom is -0.487 e. The van der Waals surface area contributed by atoms with Crippen LogP contribution in [0.2, 0.25) is 0 Å². The van der Waals surface area contributed by atoms with Crippen LogP contribution < -0.4 is 4.74 Å². The lowest BCUT2D eigenvalue weighted by Gasteiger charge is -2.15. The predicted molar refractivity (Wildman–Crippen MR) is 75.0 cm³/mol. The summed E-state index contributed by atoms with van der Waals surface area (Å²) in [6, 6.07) is 11.5. The summed E-state index contributed by atoms with van der Waals surface area (Å²) in [6.45, 7) is 4.38. The zero-order valence-electron chi connectivity index (χ0n) is 11.3. The summed E-state index contributed by atoms with van der Waals surface area (Å²) < 4.78 is 5.80. The second-order valence-electron chi connectivity index (χ2n) is 4.52. The van der Waals surface area contributed by atoms with Crippen LogP contribution in [0.4, 0.5) is 0 Å². The molecule has 0 aliphatic heterocycles. The second-order valence-corrected chi connectivity index (χ2v) is 4.52. The highest BCUT2D eigenvalue weighted by Gasteiger charge is 2.11. The van der Waals surface area contributed by atoms with Gasteiger partial charge in [0.2, 0.25) is 0 Å². The van der Waals surface area contributed by atoms with Crippen LogP contribution >= 0.6 is 0 Å². The highest BCUT2D eigenvalue weighted by molar-refractivity contribution is 5.35. The van der Waals surface area contributed by atoms with Gasteiger partial charge in [-0.1, -0.05) is 31.2 Å². The first kappa shape index (κ1) is 13.6. The molecule has 0 aliphatic carbocycles. The van der Waals surface area contributed by atoms with Crippen LogP contribution in [0.3, 0.4) is 0 Å². The van der Waals surface area contributed by atoms with E-state index in [9.17, 15) is 5.11 Å². The first-order valence-corrected chi connectivity index (χ1v) is 6.52. The van der Waals surface area contributed by atoms with Crippen molar-refractivity contribution >= 4 is 0 Å². The molecule has 0 aliphatic rings. The largest absolute Gasteiger partial charge is 0.487 e. The molecule has 19 heavy (non-hydrogen) atoms. The number of hydrogen-bond acceptors (Lipinski definition) is 3. The SMILES string of the molecule is CC[C@@H](O)c1ccccc1OCc1ncccc1C. The Balaban J connectivity index is 2.14. The molecule has 0 saturated heterocycles. The van der Waals surface area contributed by atoms with Crippen molar-refractivity contribution in [2.75, 3.05) is 0 Å². The van der Waals surface area contributed by atoms with E-state index in [1.165, 1.54) is 0 Å². The van der Waals surface area contributed by atoms with Crippen LogP contribution in [0.15, 0.2) is 42.6 Å². The first-order valence-electron chi connectivity index (χ1n) is 6.52. The molecule has 1 atom stereocenters. The van der Waals surface area contributed by atoms with Crippen LogP contribution in [0.5, 0.6) is 5.75 Å². The molecule has 3 nitrogen and oxygen atoms in total. The Labute approximate surface area is 113 Å². The lowest BCUT2D eigenvalue weighted by molar-refractivity contribution is 0.166. The van der Waals surface area contributed by atoms with Gasteiger partial charge in [-0.3, -0.25) is 4.98 Å². The van der Waals surface area contributed by atoms with Gasteiger partial charge in [0.1, 0.15) is 12.4 Å². The quantitative estimate of drug-likeness (QED) is 0.892. The molecule has 0 radical (unpaired) electrons. The molecular formula is C16H19NO2. The molecule has 1 aromatic heterocycles. The first-order chi connectivity index (χ1) is 9.22. The fourth-order valence-corrected chi connectivity index (χ4v) is 1.92. The lowest BCUT2D eigenvalue weighted by Crippen LogP contribution is -2.04. The van der Waals surface area contributed by atoms with Crippen molar-refractivity contribution < 1.29 is 9.84 Å². The van der Waals surface area contributed by atoms with Gasteiger partial charge in [-0.15, -0.1) is 0 Å². The Kier molecular flexibility index (Phi) is 4.53. The summed E-state index contributed by atoms with van der Waals surface area (Å²) in [6.07, 6.45) is 1.95. The van der Waals surface area contributed by atoms with Crippen LogP contribution in [0.1, 0.15) is 36.3 Å². The van der Waals surface area contributed by atoms with Crippen molar-refractivity contribution in [1.29, 1.82) is 0 Å². The van der Waals surface area contributed by atoms with E-state index >= 15 is 0 Å². The molecule has 0 fully saturated rings. The molecule has 1 N–H and O–H groups in total. The fourth-order valence-electron chi connectivity index (χ4n) is 1.92. The molecule has 0 saturated carbocycles. The normalized spacial score (nSPS) is 12.2. The predicted octanol–water partition coefficient (Wildman–Crippen LogP) is 3.41. The third-order valence-electron chi connectivity index (χ3n) is 3.15. The van der Waals surface area contributed by atoms with Crippen LogP contribution in [0.25, 0.3) is 0 Å². The number of aryl methyl sites for hydroxylation is 1. The Morgan fingerprint density at radius 3 is 2.74 bits per heavy atom. The molecule has 1 aromatic carbocycles. The number of ether oxygens (including phenoxy) is 1. The van der Waals surface area contributed by atoms with Gasteiger partial charge in [-0.2, -0.15) is 0 Å². The van der Waals surface area contributed by atoms with Gasteiger partial charge in [0.25, 0.3) is 0 Å². The molecule has 0 bridgehead atoms. The smallest absolute Gasteiger partial charge is 0.130 e. The Morgan fingerprint density at radius 2 is 2.00 bits per heavy atom. The van der Waals surface area contributed by atoms with E-state index in [1.807, 2.05) is 50.2 Å². The number of aliphatic hydroxyl groups is 1. The van der Waals surface area contributed by atoms with Gasteiger partial charge in [0.05, 0.1) is 11.8 Å². The third kappa shape index (κ3) is 3.32. The summed E-state index contributed by atoms with van der Waals surface area (Å²) >= 11 is 0. The van der Waals surface area contributed by atoms with E-state index in [0.717, 1.165) is 22.6 Å². The lowest BCUT2D eigenvalue weighted by atomic mass is 10.1. The third-order valence-corrected chi connectivity index (χ3v) is 3.15. The van der Waals surface area contributed by atoms with Crippen molar-refractivity contribution in [3.8, 4) is 5.75 Å². The van der Waals surface area contributed by atoms with Crippen LogP contribution in [-0.4, -0.2) is 10.1 Å². The number of rotatable bonds is 5. The van der Waals surface area contributed by atoms with E-state index in [2.05, 4.69) is 4.98 Å². The Morgan fingerprint density at radius 1 is 1.21 bits per heavy atom. The fraction of sp³-hybridized carbons (Fsp3) is 0.312. The maximum atomic E-state index is 9.97. The summed E-state index contributed by atoms with van der Waals surface area (Å²) in [7, 11) is 0. The summed E-state index contributed by atoms with van der Waals surface area (Å²) in [5, 5.41) is 9.97. The number of para-hydroxylation sites is 1. The average Bonchev–Trinajstić information content (AvgIpc) is 2.46. The van der Waals surface area contributed by atoms with Crippen molar-refractivity contribution in [2.24, 2.45) is 0 Å². The van der Waals surface area contributed by atoms with Crippen molar-refractivity contribution in [2.45, 2.75) is 33.0 Å². The number of nitrogens with zero attached hydrogens (tertiary/aromatic N) is 1. The zero-order valence-corrected chi connectivity index (χ0v) is 11.3. The van der Waals surface area contributed by atoms with E-state index < -0.39 is 6.10 Å².